The number of anilines is 1. The van der Waals surface area contributed by atoms with Crippen molar-refractivity contribution in [2.24, 2.45) is 5.92 Å². The Morgan fingerprint density at radius 2 is 1.61 bits per heavy atom. The number of carboxylic acid groups (broad SMARTS) is 2. The number of para-hydroxylation sites is 1. The van der Waals surface area contributed by atoms with Crippen LogP contribution in [0, 0.1) is 5.92 Å². The lowest BCUT2D eigenvalue weighted by Gasteiger charge is -2.48. The summed E-state index contributed by atoms with van der Waals surface area (Å²) in [6.07, 6.45) is 4.46. The molecule has 3 saturated heterocycles. The molecule has 0 bridgehead atoms. The summed E-state index contributed by atoms with van der Waals surface area (Å²) in [5.74, 6) is 0.742. The fraction of sp³-hybridized carbons (Fsp3) is 0.625. The second-order valence-electron chi connectivity index (χ2n) is 9.16. The summed E-state index contributed by atoms with van der Waals surface area (Å²) in [7, 11) is 4.60. The normalized spacial score (nSPS) is 23.6. The highest BCUT2D eigenvalue weighted by Gasteiger charge is 2.41. The van der Waals surface area contributed by atoms with Crippen LogP contribution in [0.15, 0.2) is 30.3 Å². The monoisotopic (exact) mass is 462 g/mol. The van der Waals surface area contributed by atoms with Crippen molar-refractivity contribution in [3.63, 3.8) is 0 Å². The minimum atomic E-state index is -0.250. The lowest BCUT2D eigenvalue weighted by atomic mass is 9.85. The van der Waals surface area contributed by atoms with Crippen LogP contribution >= 0.6 is 0 Å². The number of likely N-dealkylation sites (tertiary alicyclic amines) is 1. The van der Waals surface area contributed by atoms with Gasteiger partial charge in [0.1, 0.15) is 0 Å². The second-order valence-corrected chi connectivity index (χ2v) is 9.16. The first-order chi connectivity index (χ1) is 15.9. The summed E-state index contributed by atoms with van der Waals surface area (Å²) >= 11 is 0. The fourth-order valence-corrected chi connectivity index (χ4v) is 5.34. The first-order valence-corrected chi connectivity index (χ1v) is 11.5. The van der Waals surface area contributed by atoms with Crippen LogP contribution in [-0.4, -0.2) is 109 Å². The Balaban J connectivity index is 0.000000582. The van der Waals surface area contributed by atoms with E-state index in [-0.39, 0.29) is 18.9 Å². The maximum absolute atomic E-state index is 12.5. The van der Waals surface area contributed by atoms with Gasteiger partial charge in [-0.25, -0.2) is 0 Å². The zero-order valence-electron chi connectivity index (χ0n) is 19.8. The number of rotatable bonds is 3. The molecular weight excluding hydrogens is 424 g/mol. The van der Waals surface area contributed by atoms with Crippen LogP contribution in [0.25, 0.3) is 0 Å². The van der Waals surface area contributed by atoms with Crippen LogP contribution in [0.3, 0.4) is 0 Å². The molecule has 1 unspecified atom stereocenters. The molecule has 2 N–H and O–H groups in total. The maximum atomic E-state index is 12.5. The topological polar surface area (TPSA) is 105 Å². The third-order valence-corrected chi connectivity index (χ3v) is 6.98. The average Bonchev–Trinajstić information content (AvgIpc) is 3.10. The van der Waals surface area contributed by atoms with Crippen molar-refractivity contribution in [1.29, 1.82) is 0 Å². The van der Waals surface area contributed by atoms with Gasteiger partial charge in [-0.2, -0.15) is 0 Å². The molecular formula is C24H38N4O5. The van der Waals surface area contributed by atoms with E-state index in [1.54, 1.807) is 0 Å². The predicted molar refractivity (Wildman–Crippen MR) is 127 cm³/mol. The van der Waals surface area contributed by atoms with E-state index in [0.29, 0.717) is 17.9 Å². The lowest BCUT2D eigenvalue weighted by molar-refractivity contribution is -0.123. The molecule has 184 valence electrons. The standard InChI is InChI=1S/C22H34N4O.2CH2O2/c1-23-11-6-12-24(2)22(18-23)9-13-25(14-10-22)16-19-15-21(27)26(17-19)20-7-4-3-5-8-20;2*2-1-3/h3-5,7-8,19H,6,9-18H2,1-2H3;2*1H,(H,2,3). The molecule has 3 aliphatic rings. The predicted octanol–water partition coefficient (Wildman–Crippen LogP) is 1.54. The number of benzene rings is 1. The van der Waals surface area contributed by atoms with Gasteiger partial charge < -0.3 is 24.9 Å². The zero-order valence-corrected chi connectivity index (χ0v) is 19.8. The molecule has 1 amide bonds. The third-order valence-electron chi connectivity index (χ3n) is 6.98. The SMILES string of the molecule is CN1CCCN(C)C2(CCN(CC3CC(=O)N(c4ccccc4)C3)CC2)C1.O=CO.O=CO. The van der Waals surface area contributed by atoms with Gasteiger partial charge >= 0.3 is 0 Å². The zero-order chi connectivity index (χ0) is 24.3. The van der Waals surface area contributed by atoms with Gasteiger partial charge in [0.25, 0.3) is 12.9 Å². The number of nitrogens with zero attached hydrogens (tertiary/aromatic N) is 4. The van der Waals surface area contributed by atoms with E-state index in [9.17, 15) is 4.79 Å². The highest BCUT2D eigenvalue weighted by molar-refractivity contribution is 5.95. The highest BCUT2D eigenvalue weighted by Crippen LogP contribution is 2.32. The molecule has 3 fully saturated rings. The van der Waals surface area contributed by atoms with E-state index in [1.165, 1.54) is 38.9 Å². The number of amides is 1. The highest BCUT2D eigenvalue weighted by atomic mass is 16.3. The van der Waals surface area contributed by atoms with Crippen molar-refractivity contribution in [2.45, 2.75) is 31.2 Å². The minimum Gasteiger partial charge on any atom is -0.483 e. The Morgan fingerprint density at radius 1 is 1.00 bits per heavy atom. The number of carbonyl (C=O) groups is 3. The summed E-state index contributed by atoms with van der Waals surface area (Å²) in [6.45, 7) is 7.38. The molecule has 0 radical (unpaired) electrons. The van der Waals surface area contributed by atoms with Crippen molar-refractivity contribution < 1.29 is 24.6 Å². The van der Waals surface area contributed by atoms with Crippen LogP contribution in [0.2, 0.25) is 0 Å². The Hall–Kier alpha value is -2.49. The second kappa shape index (κ2) is 13.3. The molecule has 0 aromatic heterocycles. The molecule has 9 heteroatoms. The van der Waals surface area contributed by atoms with E-state index >= 15 is 0 Å². The van der Waals surface area contributed by atoms with Crippen LogP contribution < -0.4 is 4.90 Å². The maximum Gasteiger partial charge on any atom is 0.290 e. The molecule has 3 aliphatic heterocycles. The van der Waals surface area contributed by atoms with Gasteiger partial charge in [-0.05, 0) is 77.6 Å². The molecule has 4 rings (SSSR count). The Labute approximate surface area is 196 Å². The lowest BCUT2D eigenvalue weighted by Crippen LogP contribution is -2.58. The van der Waals surface area contributed by atoms with Gasteiger partial charge in [-0.3, -0.25) is 19.3 Å². The summed E-state index contributed by atoms with van der Waals surface area (Å²) in [5, 5.41) is 13.8. The van der Waals surface area contributed by atoms with Crippen LogP contribution in [0.4, 0.5) is 5.69 Å². The summed E-state index contributed by atoms with van der Waals surface area (Å²) in [5.41, 5.74) is 1.40. The van der Waals surface area contributed by atoms with E-state index in [4.69, 9.17) is 19.8 Å². The quantitative estimate of drug-likeness (QED) is 0.652. The van der Waals surface area contributed by atoms with Gasteiger partial charge in [-0.1, -0.05) is 18.2 Å². The molecule has 1 spiro atoms. The van der Waals surface area contributed by atoms with Crippen LogP contribution in [0.1, 0.15) is 25.7 Å². The molecule has 1 atom stereocenters. The molecule has 3 heterocycles. The van der Waals surface area contributed by atoms with Crippen molar-refractivity contribution in [2.75, 3.05) is 64.8 Å². The first-order valence-electron chi connectivity index (χ1n) is 11.5. The van der Waals surface area contributed by atoms with Crippen molar-refractivity contribution in [3.8, 4) is 0 Å². The smallest absolute Gasteiger partial charge is 0.290 e. The molecule has 1 aromatic rings. The van der Waals surface area contributed by atoms with E-state index < -0.39 is 0 Å². The van der Waals surface area contributed by atoms with E-state index in [2.05, 4.69) is 28.8 Å². The third kappa shape index (κ3) is 7.52. The number of likely N-dealkylation sites (N-methyl/N-ethyl adjacent to an activating group) is 2. The molecule has 0 saturated carbocycles. The minimum absolute atomic E-state index is 0.250. The Bertz CT molecular complexity index is 734. The van der Waals surface area contributed by atoms with Gasteiger partial charge in [0.15, 0.2) is 0 Å². The Morgan fingerprint density at radius 3 is 2.21 bits per heavy atom. The Kier molecular flexibility index (Phi) is 10.8. The van der Waals surface area contributed by atoms with Crippen LogP contribution in [-0.2, 0) is 14.4 Å². The average molecular weight is 463 g/mol. The molecule has 1 aromatic carbocycles. The number of piperidine rings is 1. The van der Waals surface area contributed by atoms with Crippen molar-refractivity contribution in [3.05, 3.63) is 30.3 Å². The van der Waals surface area contributed by atoms with Crippen LogP contribution in [0.5, 0.6) is 0 Å². The van der Waals surface area contributed by atoms with Gasteiger partial charge in [0.05, 0.1) is 0 Å². The summed E-state index contributed by atoms with van der Waals surface area (Å²) in [4.78, 5) is 38.9. The first kappa shape index (κ1) is 26.8. The van der Waals surface area contributed by atoms with Crippen molar-refractivity contribution in [1.82, 2.24) is 14.7 Å². The number of hydrogen-bond donors (Lipinski definition) is 2. The molecule has 0 aliphatic carbocycles. The number of hydrogen-bond acceptors (Lipinski definition) is 6. The molecule has 33 heavy (non-hydrogen) atoms. The van der Waals surface area contributed by atoms with Crippen molar-refractivity contribution >= 4 is 24.5 Å². The largest absolute Gasteiger partial charge is 0.483 e. The number of carbonyl (C=O) groups excluding carboxylic acids is 1. The molecule has 9 nitrogen and oxygen atoms in total. The van der Waals surface area contributed by atoms with Gasteiger partial charge in [0.2, 0.25) is 5.91 Å². The van der Waals surface area contributed by atoms with Gasteiger partial charge in [0, 0.05) is 37.3 Å². The van der Waals surface area contributed by atoms with E-state index in [1.807, 2.05) is 35.2 Å². The fourth-order valence-electron chi connectivity index (χ4n) is 5.34. The van der Waals surface area contributed by atoms with E-state index in [0.717, 1.165) is 31.9 Å². The summed E-state index contributed by atoms with van der Waals surface area (Å²) in [6, 6.07) is 10.1. The summed E-state index contributed by atoms with van der Waals surface area (Å²) < 4.78 is 0. The van der Waals surface area contributed by atoms with Gasteiger partial charge in [-0.15, -0.1) is 0 Å².